The first-order valence-electron chi connectivity index (χ1n) is 13.4. The maximum absolute atomic E-state index is 13.1. The number of aliphatic hydroxyl groups excluding tert-OH is 1. The summed E-state index contributed by atoms with van der Waals surface area (Å²) >= 11 is 0. The van der Waals surface area contributed by atoms with Gasteiger partial charge in [-0.05, 0) is 47.4 Å². The number of imide groups is 1. The number of hydrogen-bond acceptors (Lipinski definition) is 7. The van der Waals surface area contributed by atoms with E-state index in [1.54, 1.807) is 12.1 Å². The molecule has 0 aromatic heterocycles. The Bertz CT molecular complexity index is 1510. The minimum Gasteiger partial charge on any atom is -0.381 e. The average molecular weight is 536 g/mol. The molecule has 0 spiro atoms. The van der Waals surface area contributed by atoms with E-state index in [0.29, 0.717) is 34.8 Å². The number of hydrogen-bond donors (Lipinski definition) is 3. The fourth-order valence-corrected chi connectivity index (χ4v) is 5.79. The van der Waals surface area contributed by atoms with Crippen LogP contribution in [0, 0.1) is 11.3 Å². The summed E-state index contributed by atoms with van der Waals surface area (Å²) in [5.74, 6) is -0.853. The van der Waals surface area contributed by atoms with E-state index < -0.39 is 24.1 Å². The van der Waals surface area contributed by atoms with Crippen molar-refractivity contribution in [3.05, 3.63) is 100 Å². The lowest BCUT2D eigenvalue weighted by Crippen LogP contribution is -2.53. The number of amides is 3. The monoisotopic (exact) mass is 535 g/mol. The van der Waals surface area contributed by atoms with E-state index in [4.69, 9.17) is 5.26 Å². The van der Waals surface area contributed by atoms with E-state index in [1.165, 1.54) is 16.0 Å². The average Bonchev–Trinajstić information content (AvgIpc) is 3.20. The smallest absolute Gasteiger partial charge is 0.257 e. The molecule has 3 aromatic rings. The van der Waals surface area contributed by atoms with E-state index in [1.807, 2.05) is 30.3 Å². The van der Waals surface area contributed by atoms with Crippen molar-refractivity contribution in [2.75, 3.05) is 18.4 Å². The van der Waals surface area contributed by atoms with E-state index in [2.05, 4.69) is 45.9 Å². The highest BCUT2D eigenvalue weighted by atomic mass is 16.3. The Balaban J connectivity index is 1.05. The molecule has 2 saturated heterocycles. The highest BCUT2D eigenvalue weighted by Crippen LogP contribution is 2.39. The molecule has 0 bridgehead atoms. The fourth-order valence-electron chi connectivity index (χ4n) is 5.79. The summed E-state index contributed by atoms with van der Waals surface area (Å²) in [6.07, 6.45) is -0.966. The van der Waals surface area contributed by atoms with Crippen molar-refractivity contribution in [2.24, 2.45) is 0 Å². The standard InChI is InChI=1S/C31H29N5O4/c32-14-19-8-10-22(11-9-19)23-17-35(18-23)16-21-6-4-20(5-7-21)15-33-25-3-1-2-24-28(25)31(40)36(30(24)39)26-12-13-27(37)34-29(26)38/h1-11,23,26,31,33,40H,12-13,15-18H2,(H,34,37,38). The number of aliphatic hydroxyl groups is 1. The molecule has 2 fully saturated rings. The molecule has 40 heavy (non-hydrogen) atoms. The van der Waals surface area contributed by atoms with E-state index in [0.717, 1.165) is 25.2 Å². The third-order valence-corrected chi connectivity index (χ3v) is 8.02. The van der Waals surface area contributed by atoms with Gasteiger partial charge in [0.05, 0.1) is 11.6 Å². The number of nitriles is 1. The molecule has 0 radical (unpaired) electrons. The van der Waals surface area contributed by atoms with Gasteiger partial charge in [-0.15, -0.1) is 0 Å². The molecule has 6 rings (SSSR count). The Morgan fingerprint density at radius 1 is 0.975 bits per heavy atom. The Kier molecular flexibility index (Phi) is 6.80. The molecule has 2 atom stereocenters. The molecule has 2 unspecified atom stereocenters. The van der Waals surface area contributed by atoms with Gasteiger partial charge in [-0.2, -0.15) is 5.26 Å². The van der Waals surface area contributed by atoms with Gasteiger partial charge in [0.25, 0.3) is 5.91 Å². The van der Waals surface area contributed by atoms with Crippen LogP contribution >= 0.6 is 0 Å². The van der Waals surface area contributed by atoms with Gasteiger partial charge in [-0.1, -0.05) is 42.5 Å². The summed E-state index contributed by atoms with van der Waals surface area (Å²) in [4.78, 5) is 40.6. The highest BCUT2D eigenvalue weighted by molar-refractivity contribution is 6.06. The molecular formula is C31H29N5O4. The Morgan fingerprint density at radius 3 is 2.40 bits per heavy atom. The number of benzene rings is 3. The number of carbonyl (C=O) groups is 3. The lowest BCUT2D eigenvalue weighted by atomic mass is 9.90. The number of likely N-dealkylation sites (tertiary alicyclic amines) is 1. The maximum atomic E-state index is 13.1. The van der Waals surface area contributed by atoms with Crippen LogP contribution in [0.25, 0.3) is 0 Å². The Morgan fingerprint density at radius 2 is 1.70 bits per heavy atom. The summed E-state index contributed by atoms with van der Waals surface area (Å²) in [6.45, 7) is 3.36. The van der Waals surface area contributed by atoms with Gasteiger partial charge >= 0.3 is 0 Å². The Hall–Kier alpha value is -4.52. The van der Waals surface area contributed by atoms with Crippen LogP contribution in [-0.4, -0.2) is 51.8 Å². The summed E-state index contributed by atoms with van der Waals surface area (Å²) in [7, 11) is 0. The zero-order valence-electron chi connectivity index (χ0n) is 21.8. The predicted octanol–water partition coefficient (Wildman–Crippen LogP) is 3.02. The molecule has 3 aliphatic heterocycles. The molecule has 0 aliphatic carbocycles. The lowest BCUT2D eigenvalue weighted by Gasteiger charge is -2.39. The van der Waals surface area contributed by atoms with Gasteiger partial charge in [0.2, 0.25) is 11.8 Å². The largest absolute Gasteiger partial charge is 0.381 e. The summed E-state index contributed by atoms with van der Waals surface area (Å²) in [5, 5.41) is 25.7. The second-order valence-corrected chi connectivity index (χ2v) is 10.6. The fraction of sp³-hybridized carbons (Fsp3) is 0.290. The van der Waals surface area contributed by atoms with E-state index in [-0.39, 0.29) is 18.7 Å². The number of piperidine rings is 1. The van der Waals surface area contributed by atoms with Crippen LogP contribution in [0.4, 0.5) is 5.69 Å². The van der Waals surface area contributed by atoms with Crippen molar-refractivity contribution in [3.63, 3.8) is 0 Å². The molecule has 202 valence electrons. The van der Waals surface area contributed by atoms with Crippen molar-refractivity contribution in [3.8, 4) is 6.07 Å². The molecule has 9 nitrogen and oxygen atoms in total. The third kappa shape index (κ3) is 4.83. The quantitative estimate of drug-likeness (QED) is 0.397. The summed E-state index contributed by atoms with van der Waals surface area (Å²) in [6, 6.07) is 22.7. The van der Waals surface area contributed by atoms with E-state index in [9.17, 15) is 19.5 Å². The van der Waals surface area contributed by atoms with Crippen molar-refractivity contribution >= 4 is 23.4 Å². The van der Waals surface area contributed by atoms with Gasteiger partial charge < -0.3 is 10.4 Å². The van der Waals surface area contributed by atoms with Crippen molar-refractivity contribution in [1.82, 2.24) is 15.1 Å². The first-order valence-corrected chi connectivity index (χ1v) is 13.4. The summed E-state index contributed by atoms with van der Waals surface area (Å²) < 4.78 is 0. The highest BCUT2D eigenvalue weighted by Gasteiger charge is 2.45. The van der Waals surface area contributed by atoms with Crippen LogP contribution in [0.3, 0.4) is 0 Å². The van der Waals surface area contributed by atoms with Crippen molar-refractivity contribution in [1.29, 1.82) is 5.26 Å². The van der Waals surface area contributed by atoms with Crippen LogP contribution in [0.1, 0.15) is 63.2 Å². The molecule has 3 aliphatic rings. The number of rotatable bonds is 7. The second-order valence-electron chi connectivity index (χ2n) is 10.6. The SMILES string of the molecule is N#Cc1ccc(C2CN(Cc3ccc(CNc4cccc5c4C(O)N(C4CCC(=O)NC4=O)C5=O)cc3)C2)cc1. The van der Waals surface area contributed by atoms with E-state index >= 15 is 0 Å². The number of carbonyl (C=O) groups excluding carboxylic acids is 3. The van der Waals surface area contributed by atoms with Crippen LogP contribution in [-0.2, 0) is 22.7 Å². The predicted molar refractivity (Wildman–Crippen MR) is 147 cm³/mol. The molecule has 0 saturated carbocycles. The van der Waals surface area contributed by atoms with Gasteiger partial charge in [0.15, 0.2) is 6.23 Å². The molecular weight excluding hydrogens is 506 g/mol. The zero-order chi connectivity index (χ0) is 27.8. The first kappa shape index (κ1) is 25.7. The van der Waals surface area contributed by atoms with Crippen molar-refractivity contribution in [2.45, 2.75) is 44.1 Å². The zero-order valence-corrected chi connectivity index (χ0v) is 21.8. The first-order chi connectivity index (χ1) is 19.4. The Labute approximate surface area is 232 Å². The number of nitrogens with one attached hydrogen (secondary N) is 2. The normalized spacial score (nSPS) is 21.0. The van der Waals surface area contributed by atoms with Gasteiger partial charge in [-0.3, -0.25) is 29.5 Å². The van der Waals surface area contributed by atoms with Gasteiger partial charge in [0, 0.05) is 55.3 Å². The van der Waals surface area contributed by atoms with Gasteiger partial charge in [-0.25, -0.2) is 0 Å². The molecule has 3 heterocycles. The molecule has 3 N–H and O–H groups in total. The lowest BCUT2D eigenvalue weighted by molar-refractivity contribution is -0.139. The maximum Gasteiger partial charge on any atom is 0.257 e. The molecule has 9 heteroatoms. The minimum absolute atomic E-state index is 0.125. The molecule has 3 aromatic carbocycles. The van der Waals surface area contributed by atoms with Gasteiger partial charge in [0.1, 0.15) is 6.04 Å². The number of anilines is 1. The minimum atomic E-state index is -1.28. The second kappa shape index (κ2) is 10.6. The number of fused-ring (bicyclic) bond motifs is 1. The van der Waals surface area contributed by atoms with Crippen molar-refractivity contribution < 1.29 is 19.5 Å². The topological polar surface area (TPSA) is 126 Å². The van der Waals surface area contributed by atoms with Crippen LogP contribution in [0.2, 0.25) is 0 Å². The van der Waals surface area contributed by atoms with Crippen LogP contribution < -0.4 is 10.6 Å². The summed E-state index contributed by atoms with van der Waals surface area (Å²) in [5.41, 5.74) is 5.67. The third-order valence-electron chi connectivity index (χ3n) is 8.02. The number of nitrogens with zero attached hydrogens (tertiary/aromatic N) is 3. The van der Waals surface area contributed by atoms with Crippen LogP contribution in [0.15, 0.2) is 66.7 Å². The van der Waals surface area contributed by atoms with Crippen LogP contribution in [0.5, 0.6) is 0 Å². The molecule has 3 amide bonds.